The second kappa shape index (κ2) is 3.43. The van der Waals surface area contributed by atoms with Crippen LogP contribution in [0.25, 0.3) is 0 Å². The quantitative estimate of drug-likeness (QED) is 0.580. The van der Waals surface area contributed by atoms with E-state index in [0.717, 1.165) is 19.6 Å². The number of allylic oxidation sites excluding steroid dienone is 2. The molecule has 1 aliphatic heterocycles. The van der Waals surface area contributed by atoms with Crippen molar-refractivity contribution in [1.29, 1.82) is 0 Å². The van der Waals surface area contributed by atoms with E-state index < -0.39 is 0 Å². The van der Waals surface area contributed by atoms with Gasteiger partial charge in [0, 0.05) is 5.92 Å². The van der Waals surface area contributed by atoms with Crippen molar-refractivity contribution in [2.45, 2.75) is 38.9 Å². The average Bonchev–Trinajstić information content (AvgIpc) is 2.54. The smallest absolute Gasteiger partial charge is 0.168 e. The van der Waals surface area contributed by atoms with Crippen LogP contribution in [0.1, 0.15) is 33.1 Å². The highest BCUT2D eigenvalue weighted by Crippen LogP contribution is 2.37. The van der Waals surface area contributed by atoms with E-state index in [2.05, 4.69) is 19.9 Å². The molecule has 0 N–H and O–H groups in total. The van der Waals surface area contributed by atoms with Crippen molar-refractivity contribution < 1.29 is 9.47 Å². The monoisotopic (exact) mass is 182 g/mol. The Morgan fingerprint density at radius 3 is 2.62 bits per heavy atom. The lowest BCUT2D eigenvalue weighted by Crippen LogP contribution is -2.36. The Balaban J connectivity index is 2.01. The van der Waals surface area contributed by atoms with E-state index >= 15 is 0 Å². The van der Waals surface area contributed by atoms with Gasteiger partial charge in [-0.05, 0) is 33.1 Å². The molecule has 0 aromatic carbocycles. The Bertz CT molecular complexity index is 214. The minimum atomic E-state index is -0.294. The van der Waals surface area contributed by atoms with Gasteiger partial charge in [-0.25, -0.2) is 0 Å². The lowest BCUT2D eigenvalue weighted by molar-refractivity contribution is -0.182. The fraction of sp³-hybridized carbons (Fsp3) is 0.818. The summed E-state index contributed by atoms with van der Waals surface area (Å²) in [6.45, 7) is 5.81. The number of hydrogen-bond donors (Lipinski definition) is 0. The maximum Gasteiger partial charge on any atom is 0.168 e. The summed E-state index contributed by atoms with van der Waals surface area (Å²) in [7, 11) is 0. The van der Waals surface area contributed by atoms with Crippen molar-refractivity contribution in [2.75, 3.05) is 13.2 Å². The highest BCUT2D eigenvalue weighted by atomic mass is 16.7. The van der Waals surface area contributed by atoms with Crippen molar-refractivity contribution in [3.05, 3.63) is 11.6 Å². The second-order valence-electron chi connectivity index (χ2n) is 4.23. The van der Waals surface area contributed by atoms with Crippen LogP contribution in [0.3, 0.4) is 0 Å². The number of rotatable bonds is 1. The van der Waals surface area contributed by atoms with E-state index in [4.69, 9.17) is 9.47 Å². The highest BCUT2D eigenvalue weighted by molar-refractivity contribution is 5.05. The first-order valence-corrected chi connectivity index (χ1v) is 5.14. The SMILES string of the molecule is CC1=CCC(C2(C)OCCO2)CC1. The topological polar surface area (TPSA) is 18.5 Å². The molecule has 0 radical (unpaired) electrons. The van der Waals surface area contributed by atoms with Crippen molar-refractivity contribution in [2.24, 2.45) is 5.92 Å². The lowest BCUT2D eigenvalue weighted by Gasteiger charge is -2.33. The fourth-order valence-electron chi connectivity index (χ4n) is 2.21. The standard InChI is InChI=1S/C11H18O2/c1-9-3-5-10(6-4-9)11(2)12-7-8-13-11/h3,10H,4-8H2,1-2H3. The van der Waals surface area contributed by atoms with Crippen LogP contribution in [-0.2, 0) is 9.47 Å². The summed E-state index contributed by atoms with van der Waals surface area (Å²) >= 11 is 0. The van der Waals surface area contributed by atoms with Gasteiger partial charge < -0.3 is 9.47 Å². The van der Waals surface area contributed by atoms with Crippen molar-refractivity contribution in [3.63, 3.8) is 0 Å². The summed E-state index contributed by atoms with van der Waals surface area (Å²) in [6, 6.07) is 0. The predicted molar refractivity (Wildman–Crippen MR) is 51.4 cm³/mol. The molecule has 1 aliphatic carbocycles. The van der Waals surface area contributed by atoms with E-state index in [-0.39, 0.29) is 5.79 Å². The summed E-state index contributed by atoms with van der Waals surface area (Å²) < 4.78 is 11.3. The van der Waals surface area contributed by atoms with Gasteiger partial charge in [0.15, 0.2) is 5.79 Å². The summed E-state index contributed by atoms with van der Waals surface area (Å²) in [5.41, 5.74) is 1.51. The van der Waals surface area contributed by atoms with Crippen LogP contribution in [0.4, 0.5) is 0 Å². The molecule has 2 heteroatoms. The first-order valence-electron chi connectivity index (χ1n) is 5.14. The second-order valence-corrected chi connectivity index (χ2v) is 4.23. The van der Waals surface area contributed by atoms with E-state index in [1.54, 1.807) is 0 Å². The first kappa shape index (κ1) is 9.22. The molecule has 1 atom stereocenters. The summed E-state index contributed by atoms with van der Waals surface area (Å²) in [6.07, 6.45) is 5.85. The van der Waals surface area contributed by atoms with Crippen molar-refractivity contribution >= 4 is 0 Å². The normalized spacial score (nSPS) is 33.1. The Kier molecular flexibility index (Phi) is 2.43. The number of ether oxygens (including phenoxy) is 2. The largest absolute Gasteiger partial charge is 0.348 e. The summed E-state index contributed by atoms with van der Waals surface area (Å²) in [4.78, 5) is 0. The zero-order valence-corrected chi connectivity index (χ0v) is 8.51. The Labute approximate surface area is 79.9 Å². The number of hydrogen-bond acceptors (Lipinski definition) is 2. The zero-order chi connectivity index (χ0) is 9.31. The third-order valence-electron chi connectivity index (χ3n) is 3.24. The van der Waals surface area contributed by atoms with Gasteiger partial charge in [-0.15, -0.1) is 0 Å². The van der Waals surface area contributed by atoms with Crippen LogP contribution in [-0.4, -0.2) is 19.0 Å². The Morgan fingerprint density at radius 1 is 1.38 bits per heavy atom. The minimum Gasteiger partial charge on any atom is -0.348 e. The summed E-state index contributed by atoms with van der Waals surface area (Å²) in [5.74, 6) is 0.260. The Morgan fingerprint density at radius 2 is 2.08 bits per heavy atom. The van der Waals surface area contributed by atoms with Crippen LogP contribution < -0.4 is 0 Å². The molecule has 0 amide bonds. The molecule has 1 fully saturated rings. The van der Waals surface area contributed by atoms with Gasteiger partial charge in [0.1, 0.15) is 0 Å². The highest BCUT2D eigenvalue weighted by Gasteiger charge is 2.39. The molecule has 0 aromatic rings. The Hall–Kier alpha value is -0.340. The fourth-order valence-corrected chi connectivity index (χ4v) is 2.21. The van der Waals surface area contributed by atoms with Gasteiger partial charge in [-0.3, -0.25) is 0 Å². The molecule has 0 bridgehead atoms. The van der Waals surface area contributed by atoms with Crippen LogP contribution >= 0.6 is 0 Å². The molecule has 1 unspecified atom stereocenters. The zero-order valence-electron chi connectivity index (χ0n) is 8.51. The van der Waals surface area contributed by atoms with Crippen LogP contribution in [0.5, 0.6) is 0 Å². The summed E-state index contributed by atoms with van der Waals surface area (Å²) in [5, 5.41) is 0. The van der Waals surface area contributed by atoms with Gasteiger partial charge in [-0.2, -0.15) is 0 Å². The minimum absolute atomic E-state index is 0.294. The molecular formula is C11H18O2. The van der Waals surface area contributed by atoms with Crippen LogP contribution in [0, 0.1) is 5.92 Å². The maximum atomic E-state index is 5.66. The molecule has 1 heterocycles. The molecule has 1 saturated heterocycles. The molecule has 2 aliphatic rings. The van der Waals surface area contributed by atoms with E-state index in [9.17, 15) is 0 Å². The van der Waals surface area contributed by atoms with Gasteiger partial charge in [0.05, 0.1) is 13.2 Å². The average molecular weight is 182 g/mol. The van der Waals surface area contributed by atoms with Gasteiger partial charge in [-0.1, -0.05) is 11.6 Å². The van der Waals surface area contributed by atoms with E-state index in [1.807, 2.05) is 0 Å². The molecular weight excluding hydrogens is 164 g/mol. The van der Waals surface area contributed by atoms with Crippen molar-refractivity contribution in [1.82, 2.24) is 0 Å². The van der Waals surface area contributed by atoms with Gasteiger partial charge in [0.2, 0.25) is 0 Å². The van der Waals surface area contributed by atoms with Crippen molar-refractivity contribution in [3.8, 4) is 0 Å². The third kappa shape index (κ3) is 1.79. The van der Waals surface area contributed by atoms with Gasteiger partial charge >= 0.3 is 0 Å². The van der Waals surface area contributed by atoms with Gasteiger partial charge in [0.25, 0.3) is 0 Å². The van der Waals surface area contributed by atoms with E-state index in [1.165, 1.54) is 18.4 Å². The third-order valence-corrected chi connectivity index (χ3v) is 3.24. The first-order chi connectivity index (χ1) is 6.21. The molecule has 74 valence electrons. The molecule has 2 nitrogen and oxygen atoms in total. The molecule has 2 rings (SSSR count). The lowest BCUT2D eigenvalue weighted by atomic mass is 9.85. The molecule has 0 saturated carbocycles. The molecule has 13 heavy (non-hydrogen) atoms. The van der Waals surface area contributed by atoms with Crippen LogP contribution in [0.15, 0.2) is 11.6 Å². The van der Waals surface area contributed by atoms with E-state index in [0.29, 0.717) is 5.92 Å². The molecule has 0 aromatic heterocycles. The predicted octanol–water partition coefficient (Wildman–Crippen LogP) is 2.50. The molecule has 0 spiro atoms. The van der Waals surface area contributed by atoms with Crippen LogP contribution in [0.2, 0.25) is 0 Å². The maximum absolute atomic E-state index is 5.66.